The molecule has 13 heavy (non-hydrogen) atoms. The first-order valence-corrected chi connectivity index (χ1v) is 5.12. The van der Waals surface area contributed by atoms with Crippen LogP contribution in [0.2, 0.25) is 0 Å². The van der Waals surface area contributed by atoms with Crippen LogP contribution in [0, 0.1) is 6.92 Å². The Balaban J connectivity index is 2.60. The van der Waals surface area contributed by atoms with Crippen LogP contribution >= 0.6 is 11.8 Å². The number of aryl methyl sites for hydroxylation is 1. The first-order chi connectivity index (χ1) is 6.24. The Hall–Kier alpha value is -0.960. The molecule has 0 amide bonds. The van der Waals surface area contributed by atoms with Gasteiger partial charge in [-0.3, -0.25) is 4.99 Å². The molecule has 0 saturated carbocycles. The van der Waals surface area contributed by atoms with Crippen LogP contribution in [0.1, 0.15) is 11.1 Å². The third-order valence-electron chi connectivity index (χ3n) is 1.86. The lowest BCUT2D eigenvalue weighted by molar-refractivity contribution is 1.31. The molecule has 0 radical (unpaired) electrons. The smallest absolute Gasteiger partial charge is 0.153 e. The second-order valence-electron chi connectivity index (χ2n) is 2.78. The van der Waals surface area contributed by atoms with Crippen LogP contribution < -0.4 is 5.73 Å². The maximum Gasteiger partial charge on any atom is 0.153 e. The molecule has 0 unspecified atom stereocenters. The molecule has 0 aliphatic carbocycles. The van der Waals surface area contributed by atoms with Gasteiger partial charge in [-0.15, -0.1) is 0 Å². The molecular weight excluding hydrogens is 180 g/mol. The zero-order valence-corrected chi connectivity index (χ0v) is 8.77. The average molecular weight is 194 g/mol. The number of rotatable bonds is 2. The minimum absolute atomic E-state index is 0.642. The molecular formula is C10H14N2S. The fourth-order valence-corrected chi connectivity index (χ4v) is 1.74. The van der Waals surface area contributed by atoms with Gasteiger partial charge >= 0.3 is 0 Å². The van der Waals surface area contributed by atoms with Crippen LogP contribution in [0.5, 0.6) is 0 Å². The van der Waals surface area contributed by atoms with E-state index in [1.807, 2.05) is 12.1 Å². The van der Waals surface area contributed by atoms with Crippen LogP contribution in [-0.4, -0.2) is 12.2 Å². The highest BCUT2D eigenvalue weighted by Crippen LogP contribution is 2.15. The van der Waals surface area contributed by atoms with Crippen molar-refractivity contribution in [1.29, 1.82) is 0 Å². The van der Waals surface area contributed by atoms with E-state index < -0.39 is 0 Å². The first-order valence-electron chi connectivity index (χ1n) is 4.13. The first kappa shape index (κ1) is 10.1. The predicted molar refractivity (Wildman–Crippen MR) is 60.0 cm³/mol. The van der Waals surface area contributed by atoms with E-state index in [1.165, 1.54) is 11.1 Å². The Bertz CT molecular complexity index is 308. The third-order valence-corrected chi connectivity index (χ3v) is 2.79. The number of hydrogen-bond donors (Lipinski definition) is 1. The molecule has 3 heteroatoms. The lowest BCUT2D eigenvalue weighted by Gasteiger charge is -2.03. The number of nitrogens with zero attached hydrogens (tertiary/aromatic N) is 1. The van der Waals surface area contributed by atoms with Crippen molar-refractivity contribution in [3.63, 3.8) is 0 Å². The van der Waals surface area contributed by atoms with E-state index in [0.717, 1.165) is 5.75 Å². The standard InChI is InChI=1S/C10H14N2S/c1-8-5-3-4-6-9(8)7-13-10(11)12-2/h3-6H,7H2,1-2H3,(H2,11,12). The Kier molecular flexibility index (Phi) is 3.83. The molecule has 0 fully saturated rings. The number of hydrogen-bond acceptors (Lipinski definition) is 2. The molecule has 0 bridgehead atoms. The van der Waals surface area contributed by atoms with Crippen LogP contribution in [-0.2, 0) is 5.75 Å². The van der Waals surface area contributed by atoms with Crippen LogP contribution in [0.15, 0.2) is 29.3 Å². The highest BCUT2D eigenvalue weighted by atomic mass is 32.2. The summed E-state index contributed by atoms with van der Waals surface area (Å²) in [6.45, 7) is 2.11. The van der Waals surface area contributed by atoms with Crippen molar-refractivity contribution in [2.75, 3.05) is 7.05 Å². The molecule has 70 valence electrons. The predicted octanol–water partition coefficient (Wildman–Crippen LogP) is 2.17. The van der Waals surface area contributed by atoms with E-state index >= 15 is 0 Å². The quantitative estimate of drug-likeness (QED) is 0.579. The maximum absolute atomic E-state index is 5.58. The summed E-state index contributed by atoms with van der Waals surface area (Å²) in [7, 11) is 1.71. The molecule has 1 aromatic rings. The van der Waals surface area contributed by atoms with Gasteiger partial charge in [0.2, 0.25) is 0 Å². The number of benzene rings is 1. The fourth-order valence-electron chi connectivity index (χ4n) is 0.988. The van der Waals surface area contributed by atoms with E-state index in [9.17, 15) is 0 Å². The summed E-state index contributed by atoms with van der Waals surface area (Å²) in [4.78, 5) is 3.89. The van der Waals surface area contributed by atoms with Gasteiger partial charge in [0.15, 0.2) is 5.17 Å². The Morgan fingerprint density at radius 3 is 2.77 bits per heavy atom. The SMILES string of the molecule is CN=C(N)SCc1ccccc1C. The minimum Gasteiger partial charge on any atom is -0.379 e. The lowest BCUT2D eigenvalue weighted by atomic mass is 10.1. The summed E-state index contributed by atoms with van der Waals surface area (Å²) in [6.07, 6.45) is 0. The summed E-state index contributed by atoms with van der Waals surface area (Å²) in [5, 5.41) is 0.642. The summed E-state index contributed by atoms with van der Waals surface area (Å²) in [5.74, 6) is 0.899. The molecule has 1 rings (SSSR count). The van der Waals surface area contributed by atoms with Gasteiger partial charge in [-0.05, 0) is 18.1 Å². The van der Waals surface area contributed by atoms with Crippen molar-refractivity contribution >= 4 is 16.9 Å². The molecule has 0 aliphatic heterocycles. The Morgan fingerprint density at radius 2 is 2.15 bits per heavy atom. The highest BCUT2D eigenvalue weighted by molar-refractivity contribution is 8.13. The second kappa shape index (κ2) is 4.92. The molecule has 1 aromatic carbocycles. The third kappa shape index (κ3) is 3.11. The number of amidine groups is 1. The van der Waals surface area contributed by atoms with Gasteiger partial charge in [0.05, 0.1) is 0 Å². The van der Waals surface area contributed by atoms with Gasteiger partial charge in [-0.1, -0.05) is 36.0 Å². The second-order valence-corrected chi connectivity index (χ2v) is 3.77. The molecule has 2 nitrogen and oxygen atoms in total. The van der Waals surface area contributed by atoms with Gasteiger partial charge in [0.1, 0.15) is 0 Å². The Morgan fingerprint density at radius 1 is 1.46 bits per heavy atom. The van der Waals surface area contributed by atoms with Crippen molar-refractivity contribution in [2.45, 2.75) is 12.7 Å². The minimum atomic E-state index is 0.642. The number of aliphatic imine (C=N–C) groups is 1. The zero-order valence-electron chi connectivity index (χ0n) is 7.95. The summed E-state index contributed by atoms with van der Waals surface area (Å²) in [5.41, 5.74) is 8.21. The summed E-state index contributed by atoms with van der Waals surface area (Å²) in [6, 6.07) is 8.31. The summed E-state index contributed by atoms with van der Waals surface area (Å²) < 4.78 is 0. The topological polar surface area (TPSA) is 38.4 Å². The molecule has 2 N–H and O–H groups in total. The average Bonchev–Trinajstić information content (AvgIpc) is 2.16. The van der Waals surface area contributed by atoms with Gasteiger partial charge in [0, 0.05) is 12.8 Å². The molecule has 0 aliphatic rings. The van der Waals surface area contributed by atoms with E-state index in [2.05, 4.69) is 24.0 Å². The monoisotopic (exact) mass is 194 g/mol. The van der Waals surface area contributed by atoms with Gasteiger partial charge in [0.25, 0.3) is 0 Å². The van der Waals surface area contributed by atoms with E-state index in [-0.39, 0.29) is 0 Å². The largest absolute Gasteiger partial charge is 0.379 e. The maximum atomic E-state index is 5.58. The van der Waals surface area contributed by atoms with Gasteiger partial charge < -0.3 is 5.73 Å². The molecule has 0 heterocycles. The summed E-state index contributed by atoms with van der Waals surface area (Å²) >= 11 is 1.57. The zero-order chi connectivity index (χ0) is 9.68. The molecule has 0 atom stereocenters. The van der Waals surface area contributed by atoms with Crippen molar-refractivity contribution in [3.8, 4) is 0 Å². The molecule has 0 spiro atoms. The van der Waals surface area contributed by atoms with Gasteiger partial charge in [-0.2, -0.15) is 0 Å². The van der Waals surface area contributed by atoms with E-state index in [1.54, 1.807) is 18.8 Å². The van der Waals surface area contributed by atoms with Crippen molar-refractivity contribution in [3.05, 3.63) is 35.4 Å². The molecule has 0 aromatic heterocycles. The van der Waals surface area contributed by atoms with Crippen molar-refractivity contribution < 1.29 is 0 Å². The van der Waals surface area contributed by atoms with Gasteiger partial charge in [-0.25, -0.2) is 0 Å². The van der Waals surface area contributed by atoms with Crippen LogP contribution in [0.4, 0.5) is 0 Å². The lowest BCUT2D eigenvalue weighted by Crippen LogP contribution is -2.06. The normalized spacial score (nSPS) is 11.7. The Labute approximate surface area is 83.2 Å². The van der Waals surface area contributed by atoms with Crippen LogP contribution in [0.3, 0.4) is 0 Å². The van der Waals surface area contributed by atoms with Crippen molar-refractivity contribution in [2.24, 2.45) is 10.7 Å². The number of nitrogens with two attached hydrogens (primary N) is 1. The van der Waals surface area contributed by atoms with E-state index in [4.69, 9.17) is 5.73 Å². The fraction of sp³-hybridized carbons (Fsp3) is 0.300. The van der Waals surface area contributed by atoms with Crippen molar-refractivity contribution in [1.82, 2.24) is 0 Å². The van der Waals surface area contributed by atoms with E-state index in [0.29, 0.717) is 5.17 Å². The highest BCUT2D eigenvalue weighted by Gasteiger charge is 1.98. The van der Waals surface area contributed by atoms with Crippen LogP contribution in [0.25, 0.3) is 0 Å². The molecule has 0 saturated heterocycles. The number of thioether (sulfide) groups is 1.